The van der Waals surface area contributed by atoms with E-state index >= 15 is 0 Å². The van der Waals surface area contributed by atoms with Crippen molar-refractivity contribution >= 4 is 52.8 Å². The van der Waals surface area contributed by atoms with Gasteiger partial charge in [-0.05, 0) is 55.7 Å². The van der Waals surface area contributed by atoms with Crippen LogP contribution in [0.2, 0.25) is 0 Å². The molecule has 3 saturated heterocycles. The molecule has 11 heteroatoms. The maximum atomic E-state index is 13.2. The Kier molecular flexibility index (Phi) is 6.16. The van der Waals surface area contributed by atoms with E-state index in [9.17, 15) is 33.6 Å². The second-order valence-electron chi connectivity index (χ2n) is 10.5. The van der Waals surface area contributed by atoms with Crippen LogP contribution in [0, 0.1) is 11.3 Å². The summed E-state index contributed by atoms with van der Waals surface area (Å²) in [4.78, 5) is 90.5. The zero-order valence-corrected chi connectivity index (χ0v) is 21.6. The summed E-state index contributed by atoms with van der Waals surface area (Å²) in [5.74, 6) is -3.64. The lowest BCUT2D eigenvalue weighted by Gasteiger charge is -2.36. The molecule has 39 heavy (non-hydrogen) atoms. The van der Waals surface area contributed by atoms with Gasteiger partial charge in [0.1, 0.15) is 11.5 Å². The summed E-state index contributed by atoms with van der Waals surface area (Å²) in [5.41, 5.74) is 1.09. The topological polar surface area (TPSA) is 141 Å². The Morgan fingerprint density at radius 1 is 0.744 bits per heavy atom. The van der Waals surface area contributed by atoms with Gasteiger partial charge in [0.25, 0.3) is 5.91 Å². The molecule has 0 bridgehead atoms. The number of amides is 8. The van der Waals surface area contributed by atoms with Crippen molar-refractivity contribution in [2.45, 2.75) is 46.1 Å². The smallest absolute Gasteiger partial charge is 0.277 e. The van der Waals surface area contributed by atoms with Crippen LogP contribution in [0.1, 0.15) is 44.7 Å². The Morgan fingerprint density at radius 3 is 1.72 bits per heavy atom. The molecule has 0 aliphatic carbocycles. The molecule has 2 unspecified atom stereocenters. The highest BCUT2D eigenvalue weighted by molar-refractivity contribution is 6.26. The van der Waals surface area contributed by atoms with Crippen molar-refractivity contribution in [1.29, 1.82) is 0 Å². The molecule has 2 atom stereocenters. The minimum absolute atomic E-state index is 0.203. The average Bonchev–Trinajstić information content (AvgIpc) is 3.32. The molecular weight excluding hydrogens is 504 g/mol. The van der Waals surface area contributed by atoms with Crippen molar-refractivity contribution in [2.75, 3.05) is 9.80 Å². The van der Waals surface area contributed by atoms with Gasteiger partial charge >= 0.3 is 6.03 Å². The van der Waals surface area contributed by atoms with Crippen LogP contribution in [0.25, 0.3) is 0 Å². The number of hydrogen-bond donors (Lipinski definition) is 1. The first-order valence-electron chi connectivity index (χ1n) is 12.5. The highest BCUT2D eigenvalue weighted by Gasteiger charge is 2.54. The molecule has 3 heterocycles. The third-order valence-electron chi connectivity index (χ3n) is 7.36. The van der Waals surface area contributed by atoms with Crippen LogP contribution in [0.5, 0.6) is 0 Å². The number of barbiturate groups is 1. The maximum absolute atomic E-state index is 13.2. The van der Waals surface area contributed by atoms with Crippen LogP contribution in [-0.4, -0.2) is 52.4 Å². The van der Waals surface area contributed by atoms with Crippen LogP contribution in [0.3, 0.4) is 0 Å². The molecule has 0 saturated carbocycles. The predicted molar refractivity (Wildman–Crippen MR) is 137 cm³/mol. The number of nitrogens with zero attached hydrogens (tertiary/aromatic N) is 3. The molecule has 11 nitrogen and oxygen atoms in total. The Bertz CT molecular complexity index is 1450. The number of hydrogen-bond acceptors (Lipinski definition) is 7. The predicted octanol–water partition coefficient (Wildman–Crippen LogP) is 1.91. The summed E-state index contributed by atoms with van der Waals surface area (Å²) < 4.78 is 0. The molecule has 0 spiro atoms. The quantitative estimate of drug-likeness (QED) is 0.460. The molecular formula is C28H26N4O7. The fraction of sp³-hybridized carbons (Fsp3) is 0.321. The van der Waals surface area contributed by atoms with Crippen LogP contribution < -0.4 is 15.1 Å². The van der Waals surface area contributed by atoms with Gasteiger partial charge in [0, 0.05) is 12.3 Å². The number of imide groups is 4. The molecule has 3 aliphatic heterocycles. The maximum Gasteiger partial charge on any atom is 0.331 e. The van der Waals surface area contributed by atoms with Crippen molar-refractivity contribution in [3.8, 4) is 0 Å². The van der Waals surface area contributed by atoms with Gasteiger partial charge in [-0.2, -0.15) is 0 Å². The molecule has 2 aromatic rings. The monoisotopic (exact) mass is 530 g/mol. The minimum Gasteiger partial charge on any atom is -0.277 e. The highest BCUT2D eigenvalue weighted by atomic mass is 16.2. The van der Waals surface area contributed by atoms with E-state index in [1.165, 1.54) is 18.7 Å². The van der Waals surface area contributed by atoms with E-state index in [0.29, 0.717) is 22.7 Å². The summed E-state index contributed by atoms with van der Waals surface area (Å²) in [6.07, 6.45) is 0.348. The lowest BCUT2D eigenvalue weighted by Crippen LogP contribution is -2.65. The molecule has 200 valence electrons. The van der Waals surface area contributed by atoms with Crippen LogP contribution in [0.15, 0.2) is 48.5 Å². The highest BCUT2D eigenvalue weighted by Crippen LogP contribution is 2.32. The summed E-state index contributed by atoms with van der Waals surface area (Å²) >= 11 is 0. The van der Waals surface area contributed by atoms with E-state index in [0.717, 1.165) is 16.0 Å². The van der Waals surface area contributed by atoms with Crippen molar-refractivity contribution in [3.05, 3.63) is 59.7 Å². The second-order valence-corrected chi connectivity index (χ2v) is 10.5. The molecule has 8 amide bonds. The van der Waals surface area contributed by atoms with Gasteiger partial charge in [-0.1, -0.05) is 31.2 Å². The molecule has 5 rings (SSSR count). The number of benzene rings is 2. The fourth-order valence-corrected chi connectivity index (χ4v) is 4.99. The Labute approximate surface area is 223 Å². The van der Waals surface area contributed by atoms with Gasteiger partial charge in [0.05, 0.1) is 17.8 Å². The Morgan fingerprint density at radius 2 is 1.23 bits per heavy atom. The van der Waals surface area contributed by atoms with Crippen LogP contribution in [-0.2, 0) is 35.2 Å². The number of rotatable bonds is 5. The SMILES string of the molecule is CC1CC(=O)N(c2ccc(Cc3ccc(N4C(=O)CC(N5C(=O)NC(=O)C(C)(C)C5=O)C4=O)cc3)cc2)C1=O. The first-order chi connectivity index (χ1) is 18.4. The molecule has 3 aliphatic rings. The van der Waals surface area contributed by atoms with E-state index in [2.05, 4.69) is 5.32 Å². The van der Waals surface area contributed by atoms with E-state index in [4.69, 9.17) is 0 Å². The Balaban J connectivity index is 1.29. The van der Waals surface area contributed by atoms with Crippen molar-refractivity contribution < 1.29 is 33.6 Å². The normalized spacial score (nSPS) is 23.3. The second kappa shape index (κ2) is 9.26. The third kappa shape index (κ3) is 4.29. The molecule has 3 fully saturated rings. The van der Waals surface area contributed by atoms with E-state index < -0.39 is 41.1 Å². The number of urea groups is 1. The first-order valence-corrected chi connectivity index (χ1v) is 12.5. The summed E-state index contributed by atoms with van der Waals surface area (Å²) in [7, 11) is 0. The van der Waals surface area contributed by atoms with Crippen molar-refractivity contribution in [1.82, 2.24) is 10.2 Å². The fourth-order valence-electron chi connectivity index (χ4n) is 4.99. The molecule has 0 radical (unpaired) electrons. The number of carbonyl (C=O) groups excluding carboxylic acids is 7. The van der Waals surface area contributed by atoms with Gasteiger partial charge in [-0.25, -0.2) is 14.6 Å². The lowest BCUT2D eigenvalue weighted by atomic mass is 9.88. The standard InChI is InChI=1S/C28H26N4O7/c1-15-12-21(33)30(23(15)35)18-8-4-16(5-9-18)13-17-6-10-19(11-7-17)31-22(34)14-20(24(31)36)32-26(38)28(2,3)25(37)29-27(32)39/h4-11,15,20H,12-14H2,1-3H3,(H,29,37,39). The summed E-state index contributed by atoms with van der Waals surface area (Å²) in [6.45, 7) is 4.43. The Hall–Kier alpha value is -4.67. The van der Waals surface area contributed by atoms with Gasteiger partial charge in [-0.3, -0.25) is 39.0 Å². The van der Waals surface area contributed by atoms with Gasteiger partial charge in [0.15, 0.2) is 0 Å². The van der Waals surface area contributed by atoms with E-state index in [1.807, 2.05) is 12.1 Å². The van der Waals surface area contributed by atoms with Crippen molar-refractivity contribution in [3.63, 3.8) is 0 Å². The number of anilines is 2. The van der Waals surface area contributed by atoms with Crippen molar-refractivity contribution in [2.24, 2.45) is 11.3 Å². The zero-order valence-electron chi connectivity index (χ0n) is 21.6. The summed E-state index contributed by atoms with van der Waals surface area (Å²) in [5, 5.41) is 2.08. The van der Waals surface area contributed by atoms with E-state index in [-0.39, 0.29) is 30.6 Å². The van der Waals surface area contributed by atoms with E-state index in [1.54, 1.807) is 43.3 Å². The summed E-state index contributed by atoms with van der Waals surface area (Å²) in [6, 6.07) is 11.5. The lowest BCUT2D eigenvalue weighted by molar-refractivity contribution is -0.152. The third-order valence-corrected chi connectivity index (χ3v) is 7.36. The van der Waals surface area contributed by atoms with Gasteiger partial charge < -0.3 is 0 Å². The number of carbonyl (C=O) groups is 7. The van der Waals surface area contributed by atoms with Crippen LogP contribution >= 0.6 is 0 Å². The number of nitrogens with one attached hydrogen (secondary N) is 1. The molecule has 1 N–H and O–H groups in total. The zero-order chi connectivity index (χ0) is 28.2. The van der Waals surface area contributed by atoms with Gasteiger partial charge in [0.2, 0.25) is 29.5 Å². The molecule has 2 aromatic carbocycles. The molecule has 0 aromatic heterocycles. The largest absolute Gasteiger partial charge is 0.331 e. The minimum atomic E-state index is -1.55. The first kappa shape index (κ1) is 26.0. The average molecular weight is 531 g/mol. The van der Waals surface area contributed by atoms with Gasteiger partial charge in [-0.15, -0.1) is 0 Å². The van der Waals surface area contributed by atoms with Crippen LogP contribution in [0.4, 0.5) is 16.2 Å².